The van der Waals surface area contributed by atoms with Crippen LogP contribution < -0.4 is 10.2 Å². The number of carbonyl (C=O) groups is 2. The minimum Gasteiger partial charge on any atom is -0.481 e. The third-order valence-electron chi connectivity index (χ3n) is 10.0. The smallest absolute Gasteiger partial charge is 0.303 e. The van der Waals surface area contributed by atoms with Crippen LogP contribution in [-0.4, -0.2) is 71.1 Å². The number of nitrogens with one attached hydrogen (secondary N) is 1. The summed E-state index contributed by atoms with van der Waals surface area (Å²) in [6.45, 7) is 9.56. The fourth-order valence-electron chi connectivity index (χ4n) is 7.23. The molecule has 0 spiro atoms. The highest BCUT2D eigenvalue weighted by Gasteiger charge is 2.43. The molecule has 5 rings (SSSR count). The van der Waals surface area contributed by atoms with Crippen molar-refractivity contribution in [2.45, 2.75) is 70.6 Å². The van der Waals surface area contributed by atoms with Gasteiger partial charge in [-0.05, 0) is 69.0 Å². The lowest BCUT2D eigenvalue weighted by Gasteiger charge is -2.27. The van der Waals surface area contributed by atoms with E-state index >= 15 is 0 Å². The number of carboxylic acids is 1. The SMILES string of the molecule is C[N+]1=C(C=CC(=CC=C2N(CCCS(=O)(=O)O)c3ccccc3C2(C)C)c2ccc(C(=O)NCCCCCC(=O)O)cn2)C(C)(C)c2ccccc21. The molecule has 0 unspecified atom stereocenters. The van der Waals surface area contributed by atoms with Gasteiger partial charge in [0.15, 0.2) is 5.71 Å². The number of carboxylic acid groups (broad SMARTS) is 1. The number of unbranched alkanes of at least 4 members (excludes halogenated alkanes) is 2. The van der Waals surface area contributed by atoms with E-state index in [1.165, 1.54) is 5.56 Å². The highest BCUT2D eigenvalue weighted by atomic mass is 32.2. The summed E-state index contributed by atoms with van der Waals surface area (Å²) < 4.78 is 34.8. The lowest BCUT2D eigenvalue weighted by molar-refractivity contribution is -0.401. The number of carbonyl (C=O) groups excluding carboxylic acids is 1. The van der Waals surface area contributed by atoms with Gasteiger partial charge in [0.2, 0.25) is 5.69 Å². The molecule has 52 heavy (non-hydrogen) atoms. The summed E-state index contributed by atoms with van der Waals surface area (Å²) in [6, 6.07) is 20.0. The van der Waals surface area contributed by atoms with E-state index in [1.807, 2.05) is 42.5 Å². The number of para-hydroxylation sites is 2. The molecule has 10 nitrogen and oxygen atoms in total. The third-order valence-corrected chi connectivity index (χ3v) is 10.8. The molecule has 2 aliphatic heterocycles. The second-order valence-electron chi connectivity index (χ2n) is 14.4. The zero-order chi connectivity index (χ0) is 37.7. The molecular formula is C41H49N4O6S+. The van der Waals surface area contributed by atoms with Crippen LogP contribution in [0.15, 0.2) is 96.9 Å². The lowest BCUT2D eigenvalue weighted by Crippen LogP contribution is -2.28. The highest BCUT2D eigenvalue weighted by Crippen LogP contribution is 2.48. The first-order chi connectivity index (χ1) is 24.6. The summed E-state index contributed by atoms with van der Waals surface area (Å²) in [5, 5.41) is 11.7. The number of fused-ring (bicyclic) bond motifs is 2. The summed E-state index contributed by atoms with van der Waals surface area (Å²) in [7, 11) is -2.03. The molecule has 2 aromatic carbocycles. The van der Waals surface area contributed by atoms with Gasteiger partial charge in [-0.15, -0.1) is 0 Å². The first-order valence-electron chi connectivity index (χ1n) is 17.7. The molecule has 0 radical (unpaired) electrons. The Hall–Kier alpha value is -4.87. The largest absolute Gasteiger partial charge is 0.481 e. The molecule has 0 saturated carbocycles. The van der Waals surface area contributed by atoms with Crippen LogP contribution in [0.2, 0.25) is 0 Å². The van der Waals surface area contributed by atoms with Gasteiger partial charge in [-0.3, -0.25) is 19.1 Å². The number of hydrogen-bond acceptors (Lipinski definition) is 6. The maximum atomic E-state index is 12.9. The van der Waals surface area contributed by atoms with Gasteiger partial charge < -0.3 is 15.3 Å². The van der Waals surface area contributed by atoms with Crippen molar-refractivity contribution in [3.63, 3.8) is 0 Å². The summed E-state index contributed by atoms with van der Waals surface area (Å²) >= 11 is 0. The number of benzene rings is 2. The Bertz CT molecular complexity index is 2060. The van der Waals surface area contributed by atoms with Crippen molar-refractivity contribution in [1.29, 1.82) is 0 Å². The number of nitrogens with zero attached hydrogens (tertiary/aromatic N) is 3. The van der Waals surface area contributed by atoms with Gasteiger partial charge in [0.05, 0.1) is 22.4 Å². The van der Waals surface area contributed by atoms with Crippen LogP contribution in [0, 0.1) is 0 Å². The van der Waals surface area contributed by atoms with Crippen LogP contribution in [-0.2, 0) is 25.7 Å². The molecule has 0 fully saturated rings. The summed E-state index contributed by atoms with van der Waals surface area (Å²) in [4.78, 5) is 30.5. The van der Waals surface area contributed by atoms with Crippen LogP contribution in [0.4, 0.5) is 11.4 Å². The van der Waals surface area contributed by atoms with Crippen molar-refractivity contribution >= 4 is 44.7 Å². The Balaban J connectivity index is 1.49. The van der Waals surface area contributed by atoms with Crippen molar-refractivity contribution in [1.82, 2.24) is 10.3 Å². The Morgan fingerprint density at radius 2 is 1.63 bits per heavy atom. The van der Waals surface area contributed by atoms with E-state index in [0.29, 0.717) is 37.2 Å². The Morgan fingerprint density at radius 1 is 0.923 bits per heavy atom. The van der Waals surface area contributed by atoms with Crippen LogP contribution in [0.5, 0.6) is 0 Å². The number of aromatic nitrogens is 1. The van der Waals surface area contributed by atoms with Gasteiger partial charge in [0.25, 0.3) is 16.0 Å². The minimum absolute atomic E-state index is 0.122. The maximum absolute atomic E-state index is 12.9. The van der Waals surface area contributed by atoms with Crippen LogP contribution >= 0.6 is 0 Å². The van der Waals surface area contributed by atoms with E-state index in [9.17, 15) is 22.6 Å². The topological polar surface area (TPSA) is 140 Å². The van der Waals surface area contributed by atoms with E-state index in [2.05, 4.69) is 86.0 Å². The molecule has 0 aliphatic carbocycles. The van der Waals surface area contributed by atoms with Crippen molar-refractivity contribution in [2.24, 2.45) is 0 Å². The van der Waals surface area contributed by atoms with Crippen molar-refractivity contribution in [2.75, 3.05) is 30.8 Å². The Labute approximate surface area is 307 Å². The Morgan fingerprint density at radius 3 is 2.31 bits per heavy atom. The molecule has 0 atom stereocenters. The summed E-state index contributed by atoms with van der Waals surface area (Å²) in [5.74, 6) is -1.39. The quantitative estimate of drug-likeness (QED) is 0.0655. The Kier molecular flexibility index (Phi) is 11.7. The molecule has 274 valence electrons. The van der Waals surface area contributed by atoms with Crippen molar-refractivity contribution in [3.8, 4) is 0 Å². The maximum Gasteiger partial charge on any atom is 0.303 e. The summed E-state index contributed by atoms with van der Waals surface area (Å²) in [6.07, 6.45) is 12.2. The second-order valence-corrected chi connectivity index (χ2v) is 16.0. The van der Waals surface area contributed by atoms with Gasteiger partial charge in [0, 0.05) is 65.8 Å². The molecule has 0 bridgehead atoms. The van der Waals surface area contributed by atoms with E-state index < -0.39 is 21.5 Å². The standard InChI is InChI=1S/C41H48N4O6S/c1-40(2)31-14-8-10-16-34(31)44(5)36(40)23-20-29(33-22-19-30(28-43-33)39(48)42-25-12-6-7-18-38(46)47)21-24-37-41(3,4)32-15-9-11-17-35(32)45(37)26-13-27-52(49,50)51/h8-11,14-17,19-24,28H,6-7,12-13,18,25-27H2,1-5H3,(H2-,42,46,47,48,49,50,51)/p+1. The van der Waals surface area contributed by atoms with Crippen LogP contribution in [0.25, 0.3) is 5.57 Å². The number of amides is 1. The fraction of sp³-hybridized carbons (Fsp3) is 0.366. The van der Waals surface area contributed by atoms with E-state index in [0.717, 1.165) is 40.3 Å². The zero-order valence-corrected chi connectivity index (χ0v) is 31.4. The molecule has 3 heterocycles. The predicted molar refractivity (Wildman–Crippen MR) is 206 cm³/mol. The van der Waals surface area contributed by atoms with E-state index in [1.54, 1.807) is 12.3 Å². The number of rotatable bonds is 15. The second kappa shape index (κ2) is 15.8. The molecule has 3 aromatic rings. The van der Waals surface area contributed by atoms with E-state index in [-0.39, 0.29) is 29.9 Å². The molecule has 3 N–H and O–H groups in total. The minimum atomic E-state index is -4.10. The van der Waals surface area contributed by atoms with Gasteiger partial charge in [-0.2, -0.15) is 13.0 Å². The number of anilines is 1. The van der Waals surface area contributed by atoms with E-state index in [4.69, 9.17) is 10.1 Å². The average Bonchev–Trinajstić information content (AvgIpc) is 3.43. The number of aliphatic carboxylic acids is 1. The molecular weight excluding hydrogens is 677 g/mol. The highest BCUT2D eigenvalue weighted by molar-refractivity contribution is 7.85. The van der Waals surface area contributed by atoms with Crippen molar-refractivity contribution in [3.05, 3.63) is 119 Å². The summed E-state index contributed by atoms with van der Waals surface area (Å²) in [5.41, 5.74) is 7.88. The van der Waals surface area contributed by atoms with Gasteiger partial charge in [-0.25, -0.2) is 0 Å². The zero-order valence-electron chi connectivity index (χ0n) is 30.6. The van der Waals surface area contributed by atoms with Crippen LogP contribution in [0.3, 0.4) is 0 Å². The van der Waals surface area contributed by atoms with Gasteiger partial charge in [0.1, 0.15) is 7.05 Å². The molecule has 11 heteroatoms. The average molecular weight is 726 g/mol. The number of allylic oxidation sites excluding steroid dienone is 6. The normalized spacial score (nSPS) is 17.2. The lowest BCUT2D eigenvalue weighted by atomic mass is 9.81. The third kappa shape index (κ3) is 8.59. The van der Waals surface area contributed by atoms with Crippen molar-refractivity contribution < 1.29 is 32.2 Å². The first-order valence-corrected chi connectivity index (χ1v) is 19.3. The van der Waals surface area contributed by atoms with Gasteiger partial charge >= 0.3 is 5.97 Å². The first kappa shape index (κ1) is 38.4. The number of hydrogen-bond donors (Lipinski definition) is 3. The molecule has 1 aromatic heterocycles. The molecule has 1 amide bonds. The number of pyridine rings is 1. The fourth-order valence-corrected chi connectivity index (χ4v) is 7.73. The van der Waals surface area contributed by atoms with Crippen LogP contribution in [0.1, 0.15) is 87.0 Å². The van der Waals surface area contributed by atoms with Gasteiger partial charge in [-0.1, -0.05) is 62.7 Å². The molecule has 0 saturated heterocycles. The monoisotopic (exact) mass is 725 g/mol. The molecule has 2 aliphatic rings. The predicted octanol–water partition coefficient (Wildman–Crippen LogP) is 7.06.